The lowest BCUT2D eigenvalue weighted by atomic mass is 10.2. The maximum absolute atomic E-state index is 10.4. The topological polar surface area (TPSA) is 84.4 Å². The molecule has 0 aliphatic rings. The van der Waals surface area contributed by atoms with Crippen LogP contribution in [-0.2, 0) is 9.53 Å². The van der Waals surface area contributed by atoms with Gasteiger partial charge in [0.25, 0.3) is 0 Å². The molecule has 0 amide bonds. The normalized spacial score (nSPS) is 11.0. The molecule has 2 rings (SSSR count). The van der Waals surface area contributed by atoms with Gasteiger partial charge in [0, 0.05) is 33.2 Å². The minimum absolute atomic E-state index is 0.245. The van der Waals surface area contributed by atoms with Crippen LogP contribution in [0.4, 0.5) is 0 Å². The van der Waals surface area contributed by atoms with Gasteiger partial charge in [-0.2, -0.15) is 0 Å². The lowest BCUT2D eigenvalue weighted by molar-refractivity contribution is -0.131. The van der Waals surface area contributed by atoms with Gasteiger partial charge in [-0.05, 0) is 29.8 Å². The number of imidazole rings is 1. The van der Waals surface area contributed by atoms with Crippen molar-refractivity contribution >= 4 is 20.1 Å². The van der Waals surface area contributed by atoms with Gasteiger partial charge in [0.1, 0.15) is 5.75 Å². The number of ether oxygens (including phenoxy) is 2. The molecule has 0 saturated heterocycles. The molecule has 0 spiro atoms. The molecule has 2 aromatic rings. The minimum atomic E-state index is -1.05. The highest BCUT2D eigenvalue weighted by atomic mass is 28.3. The number of aromatic amines is 1. The molecule has 1 aromatic carbocycles. The molecule has 6 nitrogen and oxygen atoms in total. The van der Waals surface area contributed by atoms with Crippen molar-refractivity contribution in [3.05, 3.63) is 54.6 Å². The van der Waals surface area contributed by atoms with Gasteiger partial charge in [0.05, 0.1) is 6.33 Å². The van der Waals surface area contributed by atoms with Crippen LogP contribution in [0, 0.1) is 0 Å². The van der Waals surface area contributed by atoms with Crippen LogP contribution in [0.2, 0.25) is 25.7 Å². The number of nitrogens with zero attached hydrogens (tertiary/aromatic N) is 1. The summed E-state index contributed by atoms with van der Waals surface area (Å²) in [6, 6.07) is 8.32. The highest BCUT2D eigenvalue weighted by Crippen LogP contribution is 2.13. The van der Waals surface area contributed by atoms with Gasteiger partial charge in [0.15, 0.2) is 6.79 Å². The fraction of sp³-hybridized carbons (Fsp3) is 0.333. The standard InChI is InChI=1S/C15H22O4Si.C3H4N2/c1-20(2,3)11-10-18-12-19-14-7-4-13(5-8-14)6-9-15(16)17;1-2-5-3-4-1/h4-9H,10-12H2,1-3H3,(H,16,17);1-3H,(H,4,5). The third kappa shape index (κ3) is 11.7. The fourth-order valence-corrected chi connectivity index (χ4v) is 2.36. The lowest BCUT2D eigenvalue weighted by Crippen LogP contribution is -2.22. The molecule has 1 heterocycles. The van der Waals surface area contributed by atoms with E-state index >= 15 is 0 Å². The molecular formula is C18H26N2O4Si. The quantitative estimate of drug-likeness (QED) is 0.322. The Hall–Kier alpha value is -2.38. The second-order valence-corrected chi connectivity index (χ2v) is 12.1. The molecule has 0 aliphatic carbocycles. The van der Waals surface area contributed by atoms with E-state index in [1.165, 1.54) is 6.08 Å². The third-order valence-corrected chi connectivity index (χ3v) is 4.71. The van der Waals surface area contributed by atoms with E-state index in [1.54, 1.807) is 43.0 Å². The number of aromatic nitrogens is 2. The Morgan fingerprint density at radius 1 is 1.28 bits per heavy atom. The number of benzene rings is 1. The summed E-state index contributed by atoms with van der Waals surface area (Å²) in [6.45, 7) is 7.89. The van der Waals surface area contributed by atoms with E-state index in [0.717, 1.165) is 24.3 Å². The first-order chi connectivity index (χ1) is 11.9. The summed E-state index contributed by atoms with van der Waals surface area (Å²) in [5.74, 6) is -0.244. The van der Waals surface area contributed by atoms with E-state index in [2.05, 4.69) is 29.6 Å². The highest BCUT2D eigenvalue weighted by molar-refractivity contribution is 6.76. The Bertz CT molecular complexity index is 602. The molecule has 1 aromatic heterocycles. The number of carboxylic acids is 1. The molecule has 0 radical (unpaired) electrons. The summed E-state index contributed by atoms with van der Waals surface area (Å²) in [7, 11) is -1.05. The maximum Gasteiger partial charge on any atom is 0.328 e. The van der Waals surface area contributed by atoms with E-state index in [4.69, 9.17) is 14.6 Å². The number of nitrogens with one attached hydrogen (secondary N) is 1. The van der Waals surface area contributed by atoms with E-state index in [9.17, 15) is 4.79 Å². The first-order valence-corrected chi connectivity index (χ1v) is 11.7. The average Bonchev–Trinajstić information content (AvgIpc) is 3.12. The van der Waals surface area contributed by atoms with Crippen LogP contribution in [0.5, 0.6) is 5.75 Å². The van der Waals surface area contributed by atoms with Crippen molar-refractivity contribution < 1.29 is 19.4 Å². The number of rotatable bonds is 8. The molecule has 2 N–H and O–H groups in total. The van der Waals surface area contributed by atoms with Crippen LogP contribution >= 0.6 is 0 Å². The maximum atomic E-state index is 10.4. The smallest absolute Gasteiger partial charge is 0.328 e. The van der Waals surface area contributed by atoms with Crippen LogP contribution < -0.4 is 4.74 Å². The van der Waals surface area contributed by atoms with Gasteiger partial charge in [0.2, 0.25) is 0 Å². The molecule has 136 valence electrons. The summed E-state index contributed by atoms with van der Waals surface area (Å²) in [4.78, 5) is 16.8. The van der Waals surface area contributed by atoms with Crippen LogP contribution in [-0.4, -0.2) is 42.5 Å². The van der Waals surface area contributed by atoms with Gasteiger partial charge in [-0.1, -0.05) is 31.8 Å². The first-order valence-electron chi connectivity index (χ1n) is 8.01. The van der Waals surface area contributed by atoms with Crippen LogP contribution in [0.1, 0.15) is 5.56 Å². The first kappa shape index (κ1) is 20.7. The predicted molar refractivity (Wildman–Crippen MR) is 101 cm³/mol. The number of hydrogen-bond donors (Lipinski definition) is 2. The largest absolute Gasteiger partial charge is 0.478 e. The summed E-state index contributed by atoms with van der Waals surface area (Å²) < 4.78 is 10.9. The molecular weight excluding hydrogens is 336 g/mol. The monoisotopic (exact) mass is 362 g/mol. The molecule has 0 bridgehead atoms. The van der Waals surface area contributed by atoms with Crippen LogP contribution in [0.3, 0.4) is 0 Å². The van der Waals surface area contributed by atoms with Crippen molar-refractivity contribution in [1.82, 2.24) is 9.97 Å². The van der Waals surface area contributed by atoms with Crippen LogP contribution in [0.15, 0.2) is 49.1 Å². The summed E-state index contributed by atoms with van der Waals surface area (Å²) >= 11 is 0. The summed E-state index contributed by atoms with van der Waals surface area (Å²) in [6.07, 6.45) is 7.73. The zero-order valence-corrected chi connectivity index (χ0v) is 15.9. The van der Waals surface area contributed by atoms with E-state index in [-0.39, 0.29) is 6.79 Å². The Morgan fingerprint density at radius 3 is 2.48 bits per heavy atom. The summed E-state index contributed by atoms with van der Waals surface area (Å²) in [5, 5.41) is 8.53. The van der Waals surface area contributed by atoms with Crippen LogP contribution in [0.25, 0.3) is 6.08 Å². The Kier molecular flexibility index (Phi) is 9.27. The van der Waals surface area contributed by atoms with E-state index in [0.29, 0.717) is 5.75 Å². The van der Waals surface area contributed by atoms with Crippen molar-refractivity contribution in [1.29, 1.82) is 0 Å². The van der Waals surface area contributed by atoms with Gasteiger partial charge in [-0.3, -0.25) is 0 Å². The van der Waals surface area contributed by atoms with Crippen molar-refractivity contribution in [2.24, 2.45) is 0 Å². The molecule has 0 atom stereocenters. The molecule has 0 fully saturated rings. The molecule has 0 aliphatic heterocycles. The second-order valence-electron chi connectivity index (χ2n) is 6.48. The lowest BCUT2D eigenvalue weighted by Gasteiger charge is -2.15. The second kappa shape index (κ2) is 11.2. The Balaban J connectivity index is 0.000000531. The Morgan fingerprint density at radius 2 is 2.00 bits per heavy atom. The SMILES string of the molecule is C[Si](C)(C)CCOCOc1ccc(C=CC(=O)O)cc1.c1c[nH]cn1. The number of carboxylic acid groups (broad SMARTS) is 1. The van der Waals surface area contributed by atoms with Gasteiger partial charge < -0.3 is 19.6 Å². The van der Waals surface area contributed by atoms with E-state index < -0.39 is 14.0 Å². The summed E-state index contributed by atoms with van der Waals surface area (Å²) in [5.41, 5.74) is 0.819. The number of H-pyrrole nitrogens is 1. The van der Waals surface area contributed by atoms with Gasteiger partial charge in [-0.25, -0.2) is 9.78 Å². The Labute approximate surface area is 149 Å². The van der Waals surface area contributed by atoms with Crippen molar-refractivity contribution in [3.63, 3.8) is 0 Å². The number of aliphatic carboxylic acids is 1. The van der Waals surface area contributed by atoms with Gasteiger partial charge >= 0.3 is 5.97 Å². The molecule has 0 saturated carbocycles. The van der Waals surface area contributed by atoms with E-state index in [1.807, 2.05) is 0 Å². The molecule has 7 heteroatoms. The van der Waals surface area contributed by atoms with Crippen molar-refractivity contribution in [2.75, 3.05) is 13.4 Å². The molecule has 25 heavy (non-hydrogen) atoms. The third-order valence-electron chi connectivity index (χ3n) is 3.01. The zero-order chi connectivity index (χ0) is 18.5. The minimum Gasteiger partial charge on any atom is -0.478 e. The highest BCUT2D eigenvalue weighted by Gasteiger charge is 2.11. The molecule has 0 unspecified atom stereocenters. The fourth-order valence-electron chi connectivity index (χ4n) is 1.60. The predicted octanol–water partition coefficient (Wildman–Crippen LogP) is 3.89. The number of carbonyl (C=O) groups is 1. The van der Waals surface area contributed by atoms with Crippen molar-refractivity contribution in [3.8, 4) is 5.75 Å². The van der Waals surface area contributed by atoms with Crippen molar-refractivity contribution in [2.45, 2.75) is 25.7 Å². The van der Waals surface area contributed by atoms with Gasteiger partial charge in [-0.15, -0.1) is 0 Å². The zero-order valence-electron chi connectivity index (χ0n) is 14.9. The average molecular weight is 363 g/mol. The number of hydrogen-bond acceptors (Lipinski definition) is 4.